The van der Waals surface area contributed by atoms with E-state index in [9.17, 15) is 5.26 Å². The summed E-state index contributed by atoms with van der Waals surface area (Å²) in [7, 11) is 0. The Hall–Kier alpha value is -3.24. The van der Waals surface area contributed by atoms with E-state index < -0.39 is 0 Å². The zero-order valence-electron chi connectivity index (χ0n) is 18.9. The SMILES string of the molecule is N#Cc1ccc(-c2nc(N3CCC4(CCNC4)CC3)ncc2-c2cnn(CC3CC3)c2)cc1. The summed E-state index contributed by atoms with van der Waals surface area (Å²) in [6, 6.07) is 9.89. The second-order valence-electron chi connectivity index (χ2n) is 9.93. The van der Waals surface area contributed by atoms with Gasteiger partial charge in [0.1, 0.15) is 0 Å². The van der Waals surface area contributed by atoms with Crippen LogP contribution in [0, 0.1) is 22.7 Å². The van der Waals surface area contributed by atoms with Gasteiger partial charge >= 0.3 is 0 Å². The highest BCUT2D eigenvalue weighted by atomic mass is 15.3. The monoisotopic (exact) mass is 439 g/mol. The van der Waals surface area contributed by atoms with Gasteiger partial charge in [-0.15, -0.1) is 0 Å². The lowest BCUT2D eigenvalue weighted by molar-refractivity contribution is 0.246. The molecule has 6 rings (SSSR count). The molecule has 0 unspecified atom stereocenters. The number of nitriles is 1. The lowest BCUT2D eigenvalue weighted by atomic mass is 9.78. The molecule has 0 bridgehead atoms. The molecular weight excluding hydrogens is 410 g/mol. The first kappa shape index (κ1) is 20.4. The molecule has 7 nitrogen and oxygen atoms in total. The number of aromatic nitrogens is 4. The van der Waals surface area contributed by atoms with Crippen LogP contribution in [0.2, 0.25) is 0 Å². The summed E-state index contributed by atoms with van der Waals surface area (Å²) in [5.74, 6) is 1.57. The molecule has 0 radical (unpaired) electrons. The van der Waals surface area contributed by atoms with Crippen LogP contribution in [0.5, 0.6) is 0 Å². The maximum absolute atomic E-state index is 9.22. The minimum atomic E-state index is 0.461. The Morgan fingerprint density at radius 2 is 1.88 bits per heavy atom. The van der Waals surface area contributed by atoms with Gasteiger partial charge in [-0.1, -0.05) is 12.1 Å². The maximum Gasteiger partial charge on any atom is 0.225 e. The van der Waals surface area contributed by atoms with Crippen LogP contribution in [0.3, 0.4) is 0 Å². The molecule has 3 aromatic rings. The highest BCUT2D eigenvalue weighted by Crippen LogP contribution is 2.39. The smallest absolute Gasteiger partial charge is 0.225 e. The van der Waals surface area contributed by atoms with E-state index >= 15 is 0 Å². The van der Waals surface area contributed by atoms with E-state index in [-0.39, 0.29) is 0 Å². The Bertz CT molecular complexity index is 1170. The number of benzene rings is 1. The number of hydrogen-bond acceptors (Lipinski definition) is 6. The molecule has 1 aromatic carbocycles. The summed E-state index contributed by atoms with van der Waals surface area (Å²) >= 11 is 0. The number of hydrogen-bond donors (Lipinski definition) is 1. The van der Waals surface area contributed by atoms with Gasteiger partial charge in [-0.3, -0.25) is 4.68 Å². The Morgan fingerprint density at radius 1 is 1.06 bits per heavy atom. The average molecular weight is 440 g/mol. The minimum absolute atomic E-state index is 0.461. The summed E-state index contributed by atoms with van der Waals surface area (Å²) in [6.07, 6.45) is 12.2. The first-order valence-electron chi connectivity index (χ1n) is 12.1. The topological polar surface area (TPSA) is 82.7 Å². The van der Waals surface area contributed by atoms with Crippen LogP contribution in [0.15, 0.2) is 42.9 Å². The number of nitrogens with zero attached hydrogens (tertiary/aromatic N) is 6. The molecule has 2 saturated heterocycles. The number of anilines is 1. The van der Waals surface area contributed by atoms with Gasteiger partial charge in [-0.2, -0.15) is 10.4 Å². The highest BCUT2D eigenvalue weighted by Gasteiger charge is 2.37. The zero-order chi connectivity index (χ0) is 22.3. The van der Waals surface area contributed by atoms with E-state index in [0.29, 0.717) is 11.0 Å². The summed E-state index contributed by atoms with van der Waals surface area (Å²) in [5, 5.41) is 17.3. The largest absolute Gasteiger partial charge is 0.341 e. The van der Waals surface area contributed by atoms with Gasteiger partial charge in [0.05, 0.1) is 23.5 Å². The van der Waals surface area contributed by atoms with E-state index in [4.69, 9.17) is 9.97 Å². The van der Waals surface area contributed by atoms with Gasteiger partial charge in [0, 0.05) is 55.3 Å². The van der Waals surface area contributed by atoms with E-state index in [1.807, 2.05) is 41.3 Å². The third-order valence-electron chi connectivity index (χ3n) is 7.59. The predicted octanol–water partition coefficient (Wildman–Crippen LogP) is 3.87. The van der Waals surface area contributed by atoms with Crippen LogP contribution in [-0.2, 0) is 6.54 Å². The van der Waals surface area contributed by atoms with Crippen molar-refractivity contribution in [1.29, 1.82) is 5.26 Å². The predicted molar refractivity (Wildman–Crippen MR) is 127 cm³/mol. The van der Waals surface area contributed by atoms with Crippen molar-refractivity contribution < 1.29 is 0 Å². The molecule has 2 aromatic heterocycles. The molecular formula is C26H29N7. The first-order chi connectivity index (χ1) is 16.2. The summed E-state index contributed by atoms with van der Waals surface area (Å²) in [6.45, 7) is 5.25. The van der Waals surface area contributed by atoms with Crippen LogP contribution >= 0.6 is 0 Å². The molecule has 1 aliphatic carbocycles. The summed E-state index contributed by atoms with van der Waals surface area (Å²) in [4.78, 5) is 12.2. The molecule has 33 heavy (non-hydrogen) atoms. The second kappa shape index (κ2) is 8.27. The van der Waals surface area contributed by atoms with Crippen LogP contribution in [0.4, 0.5) is 5.95 Å². The maximum atomic E-state index is 9.22. The van der Waals surface area contributed by atoms with Gasteiger partial charge in [0.15, 0.2) is 0 Å². The lowest BCUT2D eigenvalue weighted by Crippen LogP contribution is -2.42. The number of rotatable bonds is 5. The molecule has 168 valence electrons. The molecule has 7 heteroatoms. The summed E-state index contributed by atoms with van der Waals surface area (Å²) < 4.78 is 2.04. The third-order valence-corrected chi connectivity index (χ3v) is 7.59. The van der Waals surface area contributed by atoms with Crippen molar-refractivity contribution in [1.82, 2.24) is 25.1 Å². The van der Waals surface area contributed by atoms with Crippen molar-refractivity contribution in [3.05, 3.63) is 48.4 Å². The molecule has 4 heterocycles. The van der Waals surface area contributed by atoms with Crippen LogP contribution < -0.4 is 10.2 Å². The van der Waals surface area contributed by atoms with E-state index in [2.05, 4.69) is 27.6 Å². The fourth-order valence-corrected chi connectivity index (χ4v) is 5.23. The standard InChI is InChI=1S/C26H29N7/c27-13-19-3-5-21(6-4-19)24-23(22-14-30-33(17-22)16-20-1-2-20)15-29-25(31-24)32-11-8-26(9-12-32)7-10-28-18-26/h3-6,14-15,17,20,28H,1-2,7-12,16,18H2. The third kappa shape index (κ3) is 4.11. The van der Waals surface area contributed by atoms with Crippen molar-refractivity contribution >= 4 is 5.95 Å². The van der Waals surface area contributed by atoms with Gasteiger partial charge in [0.25, 0.3) is 0 Å². The lowest BCUT2D eigenvalue weighted by Gasteiger charge is -2.39. The fourth-order valence-electron chi connectivity index (χ4n) is 5.23. The first-order valence-corrected chi connectivity index (χ1v) is 12.1. The fraction of sp³-hybridized carbons (Fsp3) is 0.462. The van der Waals surface area contributed by atoms with Gasteiger partial charge in [-0.25, -0.2) is 9.97 Å². The Balaban J connectivity index is 1.33. The molecule has 3 aliphatic rings. The quantitative estimate of drug-likeness (QED) is 0.650. The van der Waals surface area contributed by atoms with Crippen molar-refractivity contribution in [2.45, 2.75) is 38.6 Å². The van der Waals surface area contributed by atoms with Crippen LogP contribution in [-0.4, -0.2) is 45.9 Å². The van der Waals surface area contributed by atoms with Gasteiger partial charge in [-0.05, 0) is 62.1 Å². The Morgan fingerprint density at radius 3 is 2.58 bits per heavy atom. The summed E-state index contributed by atoms with van der Waals surface area (Å²) in [5.41, 5.74) is 5.03. The van der Waals surface area contributed by atoms with Gasteiger partial charge < -0.3 is 10.2 Å². The van der Waals surface area contributed by atoms with E-state index in [1.165, 1.54) is 32.1 Å². The molecule has 0 amide bonds. The molecule has 1 spiro atoms. The molecule has 3 fully saturated rings. The minimum Gasteiger partial charge on any atom is -0.341 e. The second-order valence-corrected chi connectivity index (χ2v) is 9.93. The molecule has 1 saturated carbocycles. The normalized spacial score (nSPS) is 19.7. The molecule has 0 atom stereocenters. The van der Waals surface area contributed by atoms with Crippen molar-refractivity contribution in [3.63, 3.8) is 0 Å². The highest BCUT2D eigenvalue weighted by molar-refractivity contribution is 5.80. The van der Waals surface area contributed by atoms with Crippen LogP contribution in [0.1, 0.15) is 37.7 Å². The Kier molecular flexibility index (Phi) is 5.11. The van der Waals surface area contributed by atoms with E-state index in [0.717, 1.165) is 67.0 Å². The number of nitrogens with one attached hydrogen (secondary N) is 1. The Labute approximate surface area is 194 Å². The molecule has 2 aliphatic heterocycles. The number of piperidine rings is 1. The average Bonchev–Trinajstić information content (AvgIpc) is 3.36. The molecule has 1 N–H and O–H groups in total. The van der Waals surface area contributed by atoms with Crippen molar-refractivity contribution in [2.75, 3.05) is 31.1 Å². The van der Waals surface area contributed by atoms with Crippen molar-refractivity contribution in [2.24, 2.45) is 11.3 Å². The van der Waals surface area contributed by atoms with Crippen LogP contribution in [0.25, 0.3) is 22.4 Å². The van der Waals surface area contributed by atoms with Gasteiger partial charge in [0.2, 0.25) is 5.95 Å². The zero-order valence-corrected chi connectivity index (χ0v) is 18.9. The van der Waals surface area contributed by atoms with E-state index in [1.54, 1.807) is 0 Å². The van der Waals surface area contributed by atoms with Crippen molar-refractivity contribution in [3.8, 4) is 28.5 Å².